The Labute approximate surface area is 143 Å². The lowest BCUT2D eigenvalue weighted by Gasteiger charge is -2.13. The second kappa shape index (κ2) is 7.80. The van der Waals surface area contributed by atoms with E-state index in [4.69, 9.17) is 11.6 Å². The minimum Gasteiger partial charge on any atom is -0.346 e. The molecule has 0 radical (unpaired) electrons. The number of hydrogen-bond donors (Lipinski definition) is 1. The first-order valence-electron chi connectivity index (χ1n) is 8.07. The van der Waals surface area contributed by atoms with E-state index in [1.54, 1.807) is 0 Å². The molecular weight excluding hydrogens is 308 g/mol. The number of ketones is 1. The summed E-state index contributed by atoms with van der Waals surface area (Å²) in [6.07, 6.45) is 0.860. The molecular formula is C19H25ClN2O. The third-order valence-corrected chi connectivity index (χ3v) is 4.30. The van der Waals surface area contributed by atoms with Crippen LogP contribution in [0.5, 0.6) is 0 Å². The Kier molecular flexibility index (Phi) is 6.03. The van der Waals surface area contributed by atoms with Crippen molar-refractivity contribution in [2.24, 2.45) is 0 Å². The van der Waals surface area contributed by atoms with Gasteiger partial charge in [0.15, 0.2) is 5.78 Å². The van der Waals surface area contributed by atoms with Gasteiger partial charge in [0.2, 0.25) is 0 Å². The highest BCUT2D eigenvalue weighted by atomic mass is 35.5. The summed E-state index contributed by atoms with van der Waals surface area (Å²) >= 11 is 5.97. The van der Waals surface area contributed by atoms with Crippen LogP contribution in [0, 0.1) is 13.8 Å². The third kappa shape index (κ3) is 4.46. The smallest absolute Gasteiger partial charge is 0.178 e. The molecule has 0 amide bonds. The Morgan fingerprint density at radius 2 is 2.00 bits per heavy atom. The van der Waals surface area contributed by atoms with Crippen LogP contribution >= 0.6 is 11.6 Å². The van der Waals surface area contributed by atoms with Gasteiger partial charge in [0.25, 0.3) is 0 Å². The molecule has 124 valence electrons. The quantitative estimate of drug-likeness (QED) is 0.604. The van der Waals surface area contributed by atoms with Crippen molar-refractivity contribution in [3.05, 3.63) is 57.9 Å². The van der Waals surface area contributed by atoms with Gasteiger partial charge in [0.1, 0.15) is 0 Å². The molecule has 1 aromatic heterocycles. The first kappa shape index (κ1) is 17.8. The van der Waals surface area contributed by atoms with E-state index < -0.39 is 0 Å². The molecule has 0 aliphatic rings. The van der Waals surface area contributed by atoms with Gasteiger partial charge in [0, 0.05) is 28.0 Å². The van der Waals surface area contributed by atoms with Crippen molar-refractivity contribution >= 4 is 17.4 Å². The van der Waals surface area contributed by atoms with Crippen molar-refractivity contribution in [3.8, 4) is 0 Å². The van der Waals surface area contributed by atoms with E-state index in [1.165, 1.54) is 5.56 Å². The minimum absolute atomic E-state index is 0.149. The summed E-state index contributed by atoms with van der Waals surface area (Å²) in [5.74, 6) is 0.149. The van der Waals surface area contributed by atoms with Crippen LogP contribution in [0.25, 0.3) is 0 Å². The Balaban J connectivity index is 1.89. The summed E-state index contributed by atoms with van der Waals surface area (Å²) < 4.78 is 2.21. The number of carbonyl (C=O) groups excluding carboxylic acids is 1. The van der Waals surface area contributed by atoms with Gasteiger partial charge in [0.05, 0.1) is 6.54 Å². The summed E-state index contributed by atoms with van der Waals surface area (Å²) in [5, 5.41) is 3.98. The molecule has 1 N–H and O–H groups in total. The highest BCUT2D eigenvalue weighted by Gasteiger charge is 2.16. The Morgan fingerprint density at radius 1 is 1.26 bits per heavy atom. The predicted octanol–water partition coefficient (Wildman–Crippen LogP) is 4.35. The van der Waals surface area contributed by atoms with E-state index in [-0.39, 0.29) is 5.78 Å². The normalized spacial score (nSPS) is 11.2. The maximum Gasteiger partial charge on any atom is 0.178 e. The molecule has 0 atom stereocenters. The van der Waals surface area contributed by atoms with Crippen LogP contribution in [-0.2, 0) is 6.42 Å². The lowest BCUT2D eigenvalue weighted by atomic mass is 10.1. The molecule has 2 aromatic rings. The van der Waals surface area contributed by atoms with Crippen molar-refractivity contribution < 1.29 is 4.79 Å². The van der Waals surface area contributed by atoms with Gasteiger partial charge >= 0.3 is 0 Å². The predicted molar refractivity (Wildman–Crippen MR) is 96.6 cm³/mol. The number of hydrogen-bond acceptors (Lipinski definition) is 2. The van der Waals surface area contributed by atoms with Crippen LogP contribution in [0.4, 0.5) is 0 Å². The van der Waals surface area contributed by atoms with Crippen LogP contribution in [0.2, 0.25) is 5.02 Å². The zero-order chi connectivity index (χ0) is 17.0. The van der Waals surface area contributed by atoms with Crippen LogP contribution in [-0.4, -0.2) is 23.4 Å². The fraction of sp³-hybridized carbons (Fsp3) is 0.421. The van der Waals surface area contributed by atoms with Gasteiger partial charge in [-0.3, -0.25) is 4.79 Å². The number of halogens is 1. The third-order valence-electron chi connectivity index (χ3n) is 4.07. The SMILES string of the molecule is Cc1cc(C(=O)CNCCc2cccc(Cl)c2)c(C)n1C(C)C. The van der Waals surface area contributed by atoms with Crippen molar-refractivity contribution in [3.63, 3.8) is 0 Å². The Hall–Kier alpha value is -1.58. The molecule has 1 aromatic carbocycles. The minimum atomic E-state index is 0.149. The second-order valence-corrected chi connectivity index (χ2v) is 6.66. The van der Waals surface area contributed by atoms with Crippen molar-refractivity contribution in [1.29, 1.82) is 0 Å². The van der Waals surface area contributed by atoms with E-state index in [0.29, 0.717) is 12.6 Å². The summed E-state index contributed by atoms with van der Waals surface area (Å²) in [6, 6.07) is 10.2. The van der Waals surface area contributed by atoms with Crippen molar-refractivity contribution in [1.82, 2.24) is 9.88 Å². The van der Waals surface area contributed by atoms with Gasteiger partial charge in [-0.2, -0.15) is 0 Å². The molecule has 1 heterocycles. The largest absolute Gasteiger partial charge is 0.346 e. The molecule has 3 nitrogen and oxygen atoms in total. The number of benzene rings is 1. The van der Waals surface area contributed by atoms with Crippen LogP contribution < -0.4 is 5.32 Å². The first-order chi connectivity index (χ1) is 10.9. The lowest BCUT2D eigenvalue weighted by Crippen LogP contribution is -2.25. The molecule has 0 fully saturated rings. The van der Waals surface area contributed by atoms with Crippen molar-refractivity contribution in [2.75, 3.05) is 13.1 Å². The second-order valence-electron chi connectivity index (χ2n) is 6.23. The van der Waals surface area contributed by atoms with Gasteiger partial charge in [-0.15, -0.1) is 0 Å². The molecule has 0 saturated carbocycles. The zero-order valence-corrected chi connectivity index (χ0v) is 15.1. The molecule has 23 heavy (non-hydrogen) atoms. The highest BCUT2D eigenvalue weighted by Crippen LogP contribution is 2.20. The van der Waals surface area contributed by atoms with Gasteiger partial charge in [-0.25, -0.2) is 0 Å². The number of Topliss-reactive ketones (excluding diaryl/α,β-unsaturated/α-hetero) is 1. The molecule has 0 spiro atoms. The average Bonchev–Trinajstić information content (AvgIpc) is 2.78. The maximum absolute atomic E-state index is 12.4. The summed E-state index contributed by atoms with van der Waals surface area (Å²) in [7, 11) is 0. The summed E-state index contributed by atoms with van der Waals surface area (Å²) in [5.41, 5.74) is 4.20. The molecule has 0 aliphatic heterocycles. The standard InChI is InChI=1S/C19H25ClN2O/c1-13(2)22-14(3)10-18(15(22)4)19(23)12-21-9-8-16-6-5-7-17(20)11-16/h5-7,10-11,13,21H,8-9,12H2,1-4H3. The van der Waals surface area contributed by atoms with Crippen molar-refractivity contribution in [2.45, 2.75) is 40.2 Å². The van der Waals surface area contributed by atoms with E-state index >= 15 is 0 Å². The van der Waals surface area contributed by atoms with Gasteiger partial charge in [-0.05, 0) is 64.4 Å². The molecule has 4 heteroatoms. The van der Waals surface area contributed by atoms with Gasteiger partial charge in [-0.1, -0.05) is 23.7 Å². The number of aryl methyl sites for hydroxylation is 1. The zero-order valence-electron chi connectivity index (χ0n) is 14.3. The van der Waals surface area contributed by atoms with E-state index in [2.05, 4.69) is 30.7 Å². The van der Waals surface area contributed by atoms with E-state index in [9.17, 15) is 4.79 Å². The summed E-state index contributed by atoms with van der Waals surface area (Å²) in [4.78, 5) is 12.4. The lowest BCUT2D eigenvalue weighted by molar-refractivity contribution is 0.0990. The van der Waals surface area contributed by atoms with Crippen LogP contribution in [0.3, 0.4) is 0 Å². The molecule has 0 bridgehead atoms. The number of aromatic nitrogens is 1. The van der Waals surface area contributed by atoms with E-state index in [0.717, 1.165) is 34.9 Å². The topological polar surface area (TPSA) is 34.0 Å². The molecule has 0 saturated heterocycles. The average molecular weight is 333 g/mol. The summed E-state index contributed by atoms with van der Waals surface area (Å²) in [6.45, 7) is 9.47. The fourth-order valence-electron chi connectivity index (χ4n) is 3.08. The van der Waals surface area contributed by atoms with Crippen LogP contribution in [0.15, 0.2) is 30.3 Å². The number of carbonyl (C=O) groups is 1. The maximum atomic E-state index is 12.4. The molecule has 0 aliphatic carbocycles. The molecule has 2 rings (SSSR count). The van der Waals surface area contributed by atoms with Crippen LogP contribution in [0.1, 0.15) is 47.2 Å². The monoisotopic (exact) mass is 332 g/mol. The Morgan fingerprint density at radius 3 is 2.61 bits per heavy atom. The van der Waals surface area contributed by atoms with Gasteiger partial charge < -0.3 is 9.88 Å². The fourth-order valence-corrected chi connectivity index (χ4v) is 3.29. The highest BCUT2D eigenvalue weighted by molar-refractivity contribution is 6.30. The molecule has 0 unspecified atom stereocenters. The number of rotatable bonds is 7. The van der Waals surface area contributed by atoms with E-state index in [1.807, 2.05) is 37.3 Å². The number of nitrogens with one attached hydrogen (secondary N) is 1. The first-order valence-corrected chi connectivity index (χ1v) is 8.44. The Bertz CT molecular complexity index is 689. The number of nitrogens with zero attached hydrogens (tertiary/aromatic N) is 1.